The summed E-state index contributed by atoms with van der Waals surface area (Å²) in [5, 5.41) is 2.04. The van der Waals surface area contributed by atoms with Crippen LogP contribution in [0.25, 0.3) is 0 Å². The summed E-state index contributed by atoms with van der Waals surface area (Å²) in [5.41, 5.74) is 1.34. The van der Waals surface area contributed by atoms with E-state index in [4.69, 9.17) is 0 Å². The summed E-state index contributed by atoms with van der Waals surface area (Å²) in [4.78, 5) is 5.19. The third kappa shape index (κ3) is 3.46. The highest BCUT2D eigenvalue weighted by Crippen LogP contribution is 2.25. The molecule has 0 N–H and O–H groups in total. The lowest BCUT2D eigenvalue weighted by molar-refractivity contribution is 0.315. The molecule has 118 valence electrons. The Morgan fingerprint density at radius 2 is 2.00 bits per heavy atom. The van der Waals surface area contributed by atoms with Crippen molar-refractivity contribution in [2.45, 2.75) is 45.6 Å². The fraction of sp³-hybridized carbons (Fsp3) is 0.471. The Morgan fingerprint density at radius 1 is 1.23 bits per heavy atom. The van der Waals surface area contributed by atoms with Gasteiger partial charge in [0.1, 0.15) is 11.5 Å². The van der Waals surface area contributed by atoms with Gasteiger partial charge in [-0.05, 0) is 37.8 Å². The summed E-state index contributed by atoms with van der Waals surface area (Å²) >= 11 is 1.51. The van der Waals surface area contributed by atoms with Gasteiger partial charge in [-0.25, -0.2) is 13.8 Å². The second-order valence-corrected chi connectivity index (χ2v) is 6.82. The summed E-state index contributed by atoms with van der Waals surface area (Å²) in [7, 11) is 0. The molecule has 0 spiro atoms. The van der Waals surface area contributed by atoms with Gasteiger partial charge in [0.25, 0.3) is 0 Å². The SMILES string of the molecule is Cc1csc(=Nc2ccc(F)cc2F)n1CC1CCCCC1. The molecule has 1 aromatic heterocycles. The maximum absolute atomic E-state index is 13.8. The number of aryl methyl sites for hydroxylation is 1. The molecule has 0 unspecified atom stereocenters. The first-order chi connectivity index (χ1) is 10.6. The molecule has 22 heavy (non-hydrogen) atoms. The first kappa shape index (κ1) is 15.4. The van der Waals surface area contributed by atoms with E-state index in [2.05, 4.69) is 16.5 Å². The van der Waals surface area contributed by atoms with Crippen LogP contribution in [0, 0.1) is 24.5 Å². The van der Waals surface area contributed by atoms with Gasteiger partial charge in [-0.1, -0.05) is 19.3 Å². The molecular formula is C17H20F2N2S. The van der Waals surface area contributed by atoms with Gasteiger partial charge in [0, 0.05) is 23.7 Å². The number of rotatable bonds is 3. The summed E-state index contributed by atoms with van der Waals surface area (Å²) in [6, 6.07) is 3.52. The maximum atomic E-state index is 13.8. The Hall–Kier alpha value is -1.49. The maximum Gasteiger partial charge on any atom is 0.190 e. The third-order valence-electron chi connectivity index (χ3n) is 4.28. The van der Waals surface area contributed by atoms with Crippen molar-refractivity contribution in [1.82, 2.24) is 4.57 Å². The zero-order valence-electron chi connectivity index (χ0n) is 12.7. The van der Waals surface area contributed by atoms with Crippen LogP contribution in [0.1, 0.15) is 37.8 Å². The second kappa shape index (κ2) is 6.73. The topological polar surface area (TPSA) is 17.3 Å². The van der Waals surface area contributed by atoms with Crippen LogP contribution < -0.4 is 4.80 Å². The number of benzene rings is 1. The van der Waals surface area contributed by atoms with E-state index in [0.717, 1.165) is 23.1 Å². The van der Waals surface area contributed by atoms with Crippen LogP contribution in [-0.4, -0.2) is 4.57 Å². The minimum Gasteiger partial charge on any atom is -0.321 e. The van der Waals surface area contributed by atoms with Gasteiger partial charge in [-0.15, -0.1) is 11.3 Å². The summed E-state index contributed by atoms with van der Waals surface area (Å²) in [6.07, 6.45) is 6.45. The lowest BCUT2D eigenvalue weighted by Gasteiger charge is -2.22. The number of hydrogen-bond donors (Lipinski definition) is 0. The minimum atomic E-state index is -0.615. The van der Waals surface area contributed by atoms with Gasteiger partial charge in [-0.2, -0.15) is 0 Å². The lowest BCUT2D eigenvalue weighted by Crippen LogP contribution is -2.22. The van der Waals surface area contributed by atoms with Gasteiger partial charge < -0.3 is 4.57 Å². The largest absolute Gasteiger partial charge is 0.321 e. The van der Waals surface area contributed by atoms with Gasteiger partial charge in [0.05, 0.1) is 0 Å². The van der Waals surface area contributed by atoms with Gasteiger partial charge in [0.2, 0.25) is 0 Å². The molecule has 2 aromatic rings. The van der Waals surface area contributed by atoms with Crippen LogP contribution in [0.2, 0.25) is 0 Å². The average Bonchev–Trinajstić information content (AvgIpc) is 2.84. The highest BCUT2D eigenvalue weighted by Gasteiger charge is 2.15. The second-order valence-electron chi connectivity index (χ2n) is 5.98. The lowest BCUT2D eigenvalue weighted by atomic mass is 9.89. The first-order valence-corrected chi connectivity index (χ1v) is 8.66. The highest BCUT2D eigenvalue weighted by atomic mass is 32.1. The van der Waals surface area contributed by atoms with E-state index in [1.54, 1.807) is 0 Å². The fourth-order valence-corrected chi connectivity index (χ4v) is 3.93. The summed E-state index contributed by atoms with van der Waals surface area (Å²) in [5.74, 6) is -0.511. The average molecular weight is 322 g/mol. The monoisotopic (exact) mass is 322 g/mol. The standard InChI is InChI=1S/C17H20F2N2S/c1-12-11-22-17(20-16-8-7-14(18)9-15(16)19)21(12)10-13-5-3-2-4-6-13/h7-9,11,13H,2-6,10H2,1H3. The van der Waals surface area contributed by atoms with Crippen molar-refractivity contribution >= 4 is 17.0 Å². The van der Waals surface area contributed by atoms with Crippen LogP contribution in [0.5, 0.6) is 0 Å². The van der Waals surface area contributed by atoms with E-state index in [-0.39, 0.29) is 5.69 Å². The van der Waals surface area contributed by atoms with Gasteiger partial charge >= 0.3 is 0 Å². The van der Waals surface area contributed by atoms with Crippen molar-refractivity contribution in [3.8, 4) is 0 Å². The predicted molar refractivity (Wildman–Crippen MR) is 85.2 cm³/mol. The van der Waals surface area contributed by atoms with Crippen molar-refractivity contribution in [3.63, 3.8) is 0 Å². The third-order valence-corrected chi connectivity index (χ3v) is 5.26. The Balaban J connectivity index is 1.92. The van der Waals surface area contributed by atoms with E-state index < -0.39 is 11.6 Å². The smallest absolute Gasteiger partial charge is 0.190 e. The highest BCUT2D eigenvalue weighted by molar-refractivity contribution is 7.07. The van der Waals surface area contributed by atoms with E-state index in [9.17, 15) is 8.78 Å². The van der Waals surface area contributed by atoms with Crippen molar-refractivity contribution < 1.29 is 8.78 Å². The molecule has 5 heteroatoms. The minimum absolute atomic E-state index is 0.195. The van der Waals surface area contributed by atoms with Crippen LogP contribution in [-0.2, 0) is 6.54 Å². The quantitative estimate of drug-likeness (QED) is 0.761. The molecular weight excluding hydrogens is 302 g/mol. The van der Waals surface area contributed by atoms with Crippen molar-refractivity contribution in [2.24, 2.45) is 10.9 Å². The molecule has 0 radical (unpaired) electrons. The van der Waals surface area contributed by atoms with Crippen LogP contribution >= 0.6 is 11.3 Å². The van der Waals surface area contributed by atoms with Crippen molar-refractivity contribution in [3.05, 3.63) is 45.7 Å². The Morgan fingerprint density at radius 3 is 2.73 bits per heavy atom. The van der Waals surface area contributed by atoms with E-state index >= 15 is 0 Å². The van der Waals surface area contributed by atoms with Crippen LogP contribution in [0.3, 0.4) is 0 Å². The molecule has 1 heterocycles. The van der Waals surface area contributed by atoms with Gasteiger partial charge in [0.15, 0.2) is 10.6 Å². The molecule has 3 rings (SSSR count). The molecule has 0 amide bonds. The number of nitrogens with zero attached hydrogens (tertiary/aromatic N) is 2. The molecule has 1 aliphatic carbocycles. The van der Waals surface area contributed by atoms with Crippen molar-refractivity contribution in [2.75, 3.05) is 0 Å². The normalized spacial score (nSPS) is 17.1. The summed E-state index contributed by atoms with van der Waals surface area (Å²) in [6.45, 7) is 3.00. The van der Waals surface area contributed by atoms with Crippen LogP contribution in [0.4, 0.5) is 14.5 Å². The van der Waals surface area contributed by atoms with E-state index in [1.165, 1.54) is 55.6 Å². The summed E-state index contributed by atoms with van der Waals surface area (Å²) < 4.78 is 29.0. The molecule has 2 nitrogen and oxygen atoms in total. The number of halogens is 2. The zero-order chi connectivity index (χ0) is 15.5. The molecule has 0 atom stereocenters. The molecule has 1 saturated carbocycles. The Bertz CT molecular complexity index is 712. The number of aromatic nitrogens is 1. The van der Waals surface area contributed by atoms with Crippen molar-refractivity contribution in [1.29, 1.82) is 0 Å². The zero-order valence-corrected chi connectivity index (χ0v) is 13.5. The molecule has 1 fully saturated rings. The van der Waals surface area contributed by atoms with Gasteiger partial charge in [-0.3, -0.25) is 0 Å². The van der Waals surface area contributed by atoms with Crippen LogP contribution in [0.15, 0.2) is 28.6 Å². The number of thiazole rings is 1. The molecule has 0 aliphatic heterocycles. The van der Waals surface area contributed by atoms with E-state index in [1.807, 2.05) is 5.38 Å². The Labute approximate surface area is 133 Å². The fourth-order valence-electron chi connectivity index (χ4n) is 3.03. The predicted octanol–water partition coefficient (Wildman–Crippen LogP) is 4.95. The first-order valence-electron chi connectivity index (χ1n) is 7.78. The Kier molecular flexibility index (Phi) is 4.71. The molecule has 1 aromatic carbocycles. The molecule has 1 aliphatic rings. The molecule has 0 saturated heterocycles. The number of hydrogen-bond acceptors (Lipinski definition) is 2. The molecule has 0 bridgehead atoms. The van der Waals surface area contributed by atoms with E-state index in [0.29, 0.717) is 5.92 Å².